The molecule has 154 valence electrons. The highest BCUT2D eigenvalue weighted by molar-refractivity contribution is 7.86. The molecule has 2 aromatic rings. The summed E-state index contributed by atoms with van der Waals surface area (Å²) in [6.45, 7) is 10.2. The first-order valence-corrected chi connectivity index (χ1v) is 11.6. The number of benzene rings is 1. The van der Waals surface area contributed by atoms with Crippen LogP contribution >= 0.6 is 0 Å². The van der Waals surface area contributed by atoms with E-state index >= 15 is 0 Å². The fourth-order valence-electron chi connectivity index (χ4n) is 3.91. The molecule has 0 unspecified atom stereocenters. The molecular weight excluding hydrogens is 376 g/mol. The van der Waals surface area contributed by atoms with Gasteiger partial charge in [-0.05, 0) is 42.4 Å². The van der Waals surface area contributed by atoms with Gasteiger partial charge in [0.2, 0.25) is 0 Å². The second-order valence-electron chi connectivity index (χ2n) is 8.78. The zero-order valence-electron chi connectivity index (χ0n) is 17.0. The van der Waals surface area contributed by atoms with Gasteiger partial charge in [0.05, 0.1) is 0 Å². The van der Waals surface area contributed by atoms with Crippen molar-refractivity contribution in [2.75, 3.05) is 44.2 Å². The number of anilines is 1. The predicted molar refractivity (Wildman–Crippen MR) is 111 cm³/mol. The van der Waals surface area contributed by atoms with Gasteiger partial charge in [-0.1, -0.05) is 26.8 Å². The van der Waals surface area contributed by atoms with Crippen molar-refractivity contribution in [3.05, 3.63) is 23.8 Å². The van der Waals surface area contributed by atoms with E-state index in [-0.39, 0.29) is 5.41 Å². The standard InChI is InChI=1S/C20H30N4O3S/c1-20(2,3)16-7-8-18-17(15-16)21-19(27-18)22-9-6-12-24(14-13-22)28(25,26)23-10-4-5-11-23/h7-8,15H,4-6,9-14H2,1-3H3. The molecule has 2 aliphatic rings. The van der Waals surface area contributed by atoms with Crippen LogP contribution in [0.4, 0.5) is 6.01 Å². The van der Waals surface area contributed by atoms with E-state index in [1.54, 1.807) is 8.61 Å². The van der Waals surface area contributed by atoms with Crippen LogP contribution < -0.4 is 4.90 Å². The molecule has 0 amide bonds. The van der Waals surface area contributed by atoms with E-state index in [4.69, 9.17) is 9.40 Å². The summed E-state index contributed by atoms with van der Waals surface area (Å²) in [5.74, 6) is 0. The molecule has 2 fully saturated rings. The maximum atomic E-state index is 12.9. The molecule has 2 saturated heterocycles. The minimum absolute atomic E-state index is 0.0559. The Morgan fingerprint density at radius 1 is 0.929 bits per heavy atom. The molecule has 0 N–H and O–H groups in total. The fourth-order valence-corrected chi connectivity index (χ4v) is 5.63. The number of nitrogens with zero attached hydrogens (tertiary/aromatic N) is 4. The number of hydrogen-bond donors (Lipinski definition) is 0. The van der Waals surface area contributed by atoms with Crippen molar-refractivity contribution in [2.24, 2.45) is 0 Å². The molecule has 7 nitrogen and oxygen atoms in total. The van der Waals surface area contributed by atoms with Crippen molar-refractivity contribution < 1.29 is 12.8 Å². The van der Waals surface area contributed by atoms with E-state index in [1.807, 2.05) is 6.07 Å². The number of rotatable bonds is 3. The van der Waals surface area contributed by atoms with E-state index in [0.717, 1.165) is 36.9 Å². The third kappa shape index (κ3) is 3.77. The number of oxazole rings is 1. The van der Waals surface area contributed by atoms with Crippen LogP contribution in [0.2, 0.25) is 0 Å². The van der Waals surface area contributed by atoms with E-state index in [1.165, 1.54) is 5.56 Å². The second kappa shape index (κ2) is 7.31. The maximum Gasteiger partial charge on any atom is 0.298 e. The molecule has 28 heavy (non-hydrogen) atoms. The minimum Gasteiger partial charge on any atom is -0.423 e. The van der Waals surface area contributed by atoms with Gasteiger partial charge in [-0.15, -0.1) is 0 Å². The summed E-state index contributed by atoms with van der Waals surface area (Å²) < 4.78 is 34.9. The van der Waals surface area contributed by atoms with Crippen LogP contribution in [0.5, 0.6) is 0 Å². The van der Waals surface area contributed by atoms with Crippen molar-refractivity contribution in [1.29, 1.82) is 0 Å². The van der Waals surface area contributed by atoms with Gasteiger partial charge in [-0.25, -0.2) is 0 Å². The van der Waals surface area contributed by atoms with E-state index in [2.05, 4.69) is 37.8 Å². The topological polar surface area (TPSA) is 69.9 Å². The van der Waals surface area contributed by atoms with Crippen LogP contribution in [0, 0.1) is 0 Å². The smallest absolute Gasteiger partial charge is 0.298 e. The first kappa shape index (κ1) is 19.7. The van der Waals surface area contributed by atoms with Crippen molar-refractivity contribution >= 4 is 27.3 Å². The quantitative estimate of drug-likeness (QED) is 0.784. The van der Waals surface area contributed by atoms with Crippen molar-refractivity contribution in [3.8, 4) is 0 Å². The van der Waals surface area contributed by atoms with Gasteiger partial charge in [0, 0.05) is 39.3 Å². The lowest BCUT2D eigenvalue weighted by Gasteiger charge is -2.25. The molecule has 4 rings (SSSR count). The molecule has 2 aliphatic heterocycles. The van der Waals surface area contributed by atoms with Gasteiger partial charge in [0.25, 0.3) is 16.2 Å². The molecule has 0 spiro atoms. The third-order valence-corrected chi connectivity index (χ3v) is 7.72. The zero-order chi connectivity index (χ0) is 19.9. The van der Waals surface area contributed by atoms with Gasteiger partial charge in [0.15, 0.2) is 5.58 Å². The zero-order valence-corrected chi connectivity index (χ0v) is 17.8. The monoisotopic (exact) mass is 406 g/mol. The van der Waals surface area contributed by atoms with Crippen LogP contribution in [0.15, 0.2) is 22.6 Å². The highest BCUT2D eigenvalue weighted by atomic mass is 32.2. The minimum atomic E-state index is -3.35. The summed E-state index contributed by atoms with van der Waals surface area (Å²) in [6, 6.07) is 6.74. The largest absolute Gasteiger partial charge is 0.423 e. The Bertz CT molecular complexity index is 942. The van der Waals surface area contributed by atoms with E-state index in [9.17, 15) is 8.42 Å². The highest BCUT2D eigenvalue weighted by Crippen LogP contribution is 2.29. The van der Waals surface area contributed by atoms with Crippen molar-refractivity contribution in [3.63, 3.8) is 0 Å². The summed E-state index contributed by atoms with van der Waals surface area (Å²) in [4.78, 5) is 6.76. The predicted octanol–water partition coefficient (Wildman–Crippen LogP) is 2.98. The van der Waals surface area contributed by atoms with Gasteiger partial charge in [0.1, 0.15) is 5.52 Å². The molecule has 8 heteroatoms. The maximum absolute atomic E-state index is 12.9. The lowest BCUT2D eigenvalue weighted by Crippen LogP contribution is -2.44. The van der Waals surface area contributed by atoms with E-state index in [0.29, 0.717) is 38.7 Å². The van der Waals surface area contributed by atoms with Crippen LogP contribution in [0.1, 0.15) is 45.6 Å². The van der Waals surface area contributed by atoms with Crippen LogP contribution in [0.25, 0.3) is 11.1 Å². The Hall–Kier alpha value is -1.64. The van der Waals surface area contributed by atoms with Gasteiger partial charge in [-0.3, -0.25) is 0 Å². The van der Waals surface area contributed by atoms with Gasteiger partial charge >= 0.3 is 0 Å². The molecule has 0 bridgehead atoms. The second-order valence-corrected chi connectivity index (χ2v) is 10.7. The summed E-state index contributed by atoms with van der Waals surface area (Å²) in [7, 11) is -3.35. The Balaban J connectivity index is 1.51. The Morgan fingerprint density at radius 3 is 2.32 bits per heavy atom. The molecule has 3 heterocycles. The summed E-state index contributed by atoms with van der Waals surface area (Å²) in [5, 5.41) is 0. The summed E-state index contributed by atoms with van der Waals surface area (Å²) in [6.07, 6.45) is 2.68. The first-order valence-electron chi connectivity index (χ1n) is 10.2. The number of hydrogen-bond acceptors (Lipinski definition) is 5. The summed E-state index contributed by atoms with van der Waals surface area (Å²) >= 11 is 0. The Morgan fingerprint density at radius 2 is 1.61 bits per heavy atom. The van der Waals surface area contributed by atoms with Crippen LogP contribution in [-0.2, 0) is 15.6 Å². The third-order valence-electron chi connectivity index (χ3n) is 5.69. The number of aromatic nitrogens is 1. The Kier molecular flexibility index (Phi) is 5.14. The summed E-state index contributed by atoms with van der Waals surface area (Å²) in [5.41, 5.74) is 2.90. The van der Waals surface area contributed by atoms with E-state index < -0.39 is 10.2 Å². The normalized spacial score (nSPS) is 20.8. The fraction of sp³-hybridized carbons (Fsp3) is 0.650. The lowest BCUT2D eigenvalue weighted by molar-refractivity contribution is 0.372. The molecule has 0 saturated carbocycles. The lowest BCUT2D eigenvalue weighted by atomic mass is 9.87. The molecule has 0 radical (unpaired) electrons. The van der Waals surface area contributed by atoms with Crippen LogP contribution in [0.3, 0.4) is 0 Å². The highest BCUT2D eigenvalue weighted by Gasteiger charge is 2.33. The average molecular weight is 407 g/mol. The number of fused-ring (bicyclic) bond motifs is 1. The molecule has 0 atom stereocenters. The van der Waals surface area contributed by atoms with Gasteiger partial charge in [-0.2, -0.15) is 22.0 Å². The molecule has 1 aromatic heterocycles. The van der Waals surface area contributed by atoms with Crippen molar-refractivity contribution in [2.45, 2.75) is 45.4 Å². The SMILES string of the molecule is CC(C)(C)c1ccc2oc(N3CCCN(S(=O)(=O)N4CCCC4)CC3)nc2c1. The van der Waals surface area contributed by atoms with Crippen LogP contribution in [-0.4, -0.2) is 61.3 Å². The average Bonchev–Trinajstić information content (AvgIpc) is 3.25. The molecular formula is C20H30N4O3S. The Labute approximate surface area is 167 Å². The molecule has 0 aliphatic carbocycles. The first-order chi connectivity index (χ1) is 13.2. The van der Waals surface area contributed by atoms with Gasteiger partial charge < -0.3 is 9.32 Å². The molecule has 1 aromatic carbocycles. The van der Waals surface area contributed by atoms with Crippen molar-refractivity contribution in [1.82, 2.24) is 13.6 Å².